The van der Waals surface area contributed by atoms with Gasteiger partial charge in [0.15, 0.2) is 11.5 Å². The minimum absolute atomic E-state index is 0.0741. The van der Waals surface area contributed by atoms with E-state index in [2.05, 4.69) is 10.0 Å². The van der Waals surface area contributed by atoms with Crippen LogP contribution < -0.4 is 19.5 Å². The van der Waals surface area contributed by atoms with Crippen molar-refractivity contribution in [3.63, 3.8) is 0 Å². The van der Waals surface area contributed by atoms with Gasteiger partial charge in [-0.25, -0.2) is 8.42 Å². The Labute approximate surface area is 195 Å². The number of sulfonamides is 1. The second kappa shape index (κ2) is 9.63. The molecule has 0 unspecified atom stereocenters. The maximum absolute atomic E-state index is 12.9. The Kier molecular flexibility index (Phi) is 6.83. The molecule has 0 aromatic heterocycles. The van der Waals surface area contributed by atoms with Gasteiger partial charge in [-0.2, -0.15) is 0 Å². The predicted molar refractivity (Wildman–Crippen MR) is 127 cm³/mol. The van der Waals surface area contributed by atoms with E-state index in [1.54, 1.807) is 18.2 Å². The summed E-state index contributed by atoms with van der Waals surface area (Å²) in [6.07, 6.45) is 7.85. The molecular formula is C25H32N2O5S. The summed E-state index contributed by atoms with van der Waals surface area (Å²) in [6, 6.07) is 11.6. The maximum atomic E-state index is 12.9. The molecule has 1 amide bonds. The van der Waals surface area contributed by atoms with Gasteiger partial charge < -0.3 is 14.8 Å². The van der Waals surface area contributed by atoms with Crippen molar-refractivity contribution in [1.29, 1.82) is 0 Å². The van der Waals surface area contributed by atoms with Crippen molar-refractivity contribution in [2.24, 2.45) is 5.92 Å². The molecule has 0 aliphatic heterocycles. The summed E-state index contributed by atoms with van der Waals surface area (Å²) in [5.74, 6) is 1.47. The lowest BCUT2D eigenvalue weighted by molar-refractivity contribution is -0.123. The predicted octanol–water partition coefficient (Wildman–Crippen LogP) is 4.23. The molecule has 2 aromatic rings. The highest BCUT2D eigenvalue weighted by atomic mass is 32.2. The van der Waals surface area contributed by atoms with Crippen molar-refractivity contribution >= 4 is 21.6 Å². The molecule has 2 aliphatic carbocycles. The van der Waals surface area contributed by atoms with E-state index in [9.17, 15) is 13.2 Å². The first kappa shape index (κ1) is 23.4. The zero-order valence-electron chi connectivity index (χ0n) is 19.2. The number of methoxy groups -OCH3 is 2. The zero-order valence-corrected chi connectivity index (χ0v) is 20.0. The van der Waals surface area contributed by atoms with Crippen LogP contribution in [0, 0.1) is 5.92 Å². The molecule has 0 bridgehead atoms. The quantitative estimate of drug-likeness (QED) is 0.570. The number of anilines is 1. The molecule has 33 heavy (non-hydrogen) atoms. The normalized spacial score (nSPS) is 17.8. The SMILES string of the molecule is COc1ccc(S(=O)(=O)Nc2ccc(C3(C(=O)NCC4CCCCC4)CC3)cc2)cc1OC. The number of carbonyl (C=O) groups is 1. The van der Waals surface area contributed by atoms with Crippen molar-refractivity contribution in [2.75, 3.05) is 25.5 Å². The van der Waals surface area contributed by atoms with Crippen LogP contribution in [0.2, 0.25) is 0 Å². The Morgan fingerprint density at radius 1 is 0.970 bits per heavy atom. The van der Waals surface area contributed by atoms with Crippen LogP contribution in [-0.2, 0) is 20.2 Å². The summed E-state index contributed by atoms with van der Waals surface area (Å²) in [7, 11) is -0.853. The molecule has 0 saturated heterocycles. The van der Waals surface area contributed by atoms with Crippen LogP contribution >= 0.6 is 0 Å². The Balaban J connectivity index is 1.42. The molecule has 178 valence electrons. The third-order valence-electron chi connectivity index (χ3n) is 6.82. The number of amides is 1. The van der Waals surface area contributed by atoms with Gasteiger partial charge in [0.1, 0.15) is 0 Å². The summed E-state index contributed by atoms with van der Waals surface area (Å²) < 4.78 is 38.6. The smallest absolute Gasteiger partial charge is 0.262 e. The fourth-order valence-electron chi connectivity index (χ4n) is 4.62. The fraction of sp³-hybridized carbons (Fsp3) is 0.480. The number of nitrogens with one attached hydrogen (secondary N) is 2. The molecule has 2 aliphatic rings. The largest absolute Gasteiger partial charge is 0.493 e. The molecule has 0 radical (unpaired) electrons. The van der Waals surface area contributed by atoms with E-state index in [1.165, 1.54) is 58.5 Å². The average molecular weight is 473 g/mol. The van der Waals surface area contributed by atoms with Gasteiger partial charge >= 0.3 is 0 Å². The van der Waals surface area contributed by atoms with E-state index < -0.39 is 15.4 Å². The minimum atomic E-state index is -3.81. The van der Waals surface area contributed by atoms with E-state index in [0.717, 1.165) is 24.9 Å². The van der Waals surface area contributed by atoms with Gasteiger partial charge in [0.25, 0.3) is 10.0 Å². The minimum Gasteiger partial charge on any atom is -0.493 e. The molecule has 0 atom stereocenters. The van der Waals surface area contributed by atoms with Crippen molar-refractivity contribution in [1.82, 2.24) is 5.32 Å². The third-order valence-corrected chi connectivity index (χ3v) is 8.19. The Hall–Kier alpha value is -2.74. The molecule has 8 heteroatoms. The van der Waals surface area contributed by atoms with Crippen LogP contribution in [0.1, 0.15) is 50.5 Å². The van der Waals surface area contributed by atoms with E-state index in [0.29, 0.717) is 23.1 Å². The lowest BCUT2D eigenvalue weighted by Gasteiger charge is -2.23. The number of benzene rings is 2. The van der Waals surface area contributed by atoms with Crippen molar-refractivity contribution in [3.8, 4) is 11.5 Å². The molecule has 7 nitrogen and oxygen atoms in total. The second-order valence-electron chi connectivity index (χ2n) is 9.00. The zero-order chi connectivity index (χ0) is 23.5. The second-order valence-corrected chi connectivity index (χ2v) is 10.7. The van der Waals surface area contributed by atoms with Crippen LogP contribution in [0.25, 0.3) is 0 Å². The number of hydrogen-bond donors (Lipinski definition) is 2. The monoisotopic (exact) mass is 472 g/mol. The Morgan fingerprint density at radius 2 is 1.64 bits per heavy atom. The molecule has 2 saturated carbocycles. The molecule has 4 rings (SSSR count). The Morgan fingerprint density at radius 3 is 2.24 bits per heavy atom. The fourth-order valence-corrected chi connectivity index (χ4v) is 5.70. The molecule has 2 aromatic carbocycles. The topological polar surface area (TPSA) is 93.7 Å². The summed E-state index contributed by atoms with van der Waals surface area (Å²) in [5, 5.41) is 3.18. The van der Waals surface area contributed by atoms with Crippen molar-refractivity contribution < 1.29 is 22.7 Å². The van der Waals surface area contributed by atoms with Gasteiger partial charge in [0, 0.05) is 18.3 Å². The number of carbonyl (C=O) groups excluding carboxylic acids is 1. The third kappa shape index (κ3) is 5.11. The van der Waals surface area contributed by atoms with Crippen LogP contribution in [0.3, 0.4) is 0 Å². The van der Waals surface area contributed by atoms with Gasteiger partial charge in [-0.15, -0.1) is 0 Å². The Bertz CT molecular complexity index is 1090. The van der Waals surface area contributed by atoms with E-state index in [1.807, 2.05) is 12.1 Å². The molecular weight excluding hydrogens is 440 g/mol. The van der Waals surface area contributed by atoms with Crippen LogP contribution in [0.15, 0.2) is 47.4 Å². The van der Waals surface area contributed by atoms with Crippen molar-refractivity contribution in [3.05, 3.63) is 48.0 Å². The number of hydrogen-bond acceptors (Lipinski definition) is 5. The lowest BCUT2D eigenvalue weighted by Crippen LogP contribution is -2.38. The molecule has 2 N–H and O–H groups in total. The van der Waals surface area contributed by atoms with E-state index in [4.69, 9.17) is 9.47 Å². The molecule has 0 spiro atoms. The average Bonchev–Trinajstić information content (AvgIpc) is 3.65. The number of rotatable bonds is 9. The highest BCUT2D eigenvalue weighted by Crippen LogP contribution is 2.48. The van der Waals surface area contributed by atoms with Gasteiger partial charge in [0.2, 0.25) is 5.91 Å². The molecule has 2 fully saturated rings. The maximum Gasteiger partial charge on any atom is 0.262 e. The first-order valence-corrected chi connectivity index (χ1v) is 13.0. The van der Waals surface area contributed by atoms with Gasteiger partial charge in [-0.3, -0.25) is 9.52 Å². The van der Waals surface area contributed by atoms with Crippen LogP contribution in [0.4, 0.5) is 5.69 Å². The number of ether oxygens (including phenoxy) is 2. The standard InChI is InChI=1S/C25H32N2O5S/c1-31-22-13-12-21(16-23(22)32-2)33(29,30)27-20-10-8-19(9-11-20)25(14-15-25)24(28)26-17-18-6-4-3-5-7-18/h8-13,16,18,27H,3-7,14-15,17H2,1-2H3,(H,26,28). The first-order chi connectivity index (χ1) is 15.9. The summed E-state index contributed by atoms with van der Waals surface area (Å²) in [5.41, 5.74) is 0.889. The highest BCUT2D eigenvalue weighted by molar-refractivity contribution is 7.92. The van der Waals surface area contributed by atoms with Crippen LogP contribution in [0.5, 0.6) is 11.5 Å². The van der Waals surface area contributed by atoms with E-state index >= 15 is 0 Å². The van der Waals surface area contributed by atoms with Gasteiger partial charge in [-0.1, -0.05) is 31.4 Å². The van der Waals surface area contributed by atoms with Crippen molar-refractivity contribution in [2.45, 2.75) is 55.3 Å². The highest BCUT2D eigenvalue weighted by Gasteiger charge is 2.51. The lowest BCUT2D eigenvalue weighted by atomic mass is 9.88. The summed E-state index contributed by atoms with van der Waals surface area (Å²) >= 11 is 0. The van der Waals surface area contributed by atoms with Crippen LogP contribution in [-0.4, -0.2) is 35.1 Å². The van der Waals surface area contributed by atoms with Gasteiger partial charge in [-0.05, 0) is 61.4 Å². The van der Waals surface area contributed by atoms with Gasteiger partial charge in [0.05, 0.1) is 24.5 Å². The van der Waals surface area contributed by atoms with E-state index in [-0.39, 0.29) is 10.8 Å². The summed E-state index contributed by atoms with van der Waals surface area (Å²) in [4.78, 5) is 13.0. The summed E-state index contributed by atoms with van der Waals surface area (Å²) in [6.45, 7) is 0.754. The molecule has 0 heterocycles. The first-order valence-electron chi connectivity index (χ1n) is 11.5.